The van der Waals surface area contributed by atoms with Gasteiger partial charge in [0.05, 0.1) is 5.56 Å². The summed E-state index contributed by atoms with van der Waals surface area (Å²) in [5, 5.41) is 3.04. The van der Waals surface area contributed by atoms with E-state index in [2.05, 4.69) is 5.32 Å². The van der Waals surface area contributed by atoms with Crippen molar-refractivity contribution in [2.45, 2.75) is 44.3 Å². The van der Waals surface area contributed by atoms with Crippen molar-refractivity contribution in [3.8, 4) is 0 Å². The largest absolute Gasteiger partial charge is 0.418 e. The number of anilines is 1. The molecule has 1 aliphatic carbocycles. The Bertz CT molecular complexity index is 367. The number of halogens is 3. The van der Waals surface area contributed by atoms with Gasteiger partial charge in [-0.1, -0.05) is 31.4 Å². The summed E-state index contributed by atoms with van der Waals surface area (Å²) in [5.41, 5.74) is -0.350. The maximum atomic E-state index is 12.8. The molecule has 1 N–H and O–H groups in total. The Morgan fingerprint density at radius 2 is 1.65 bits per heavy atom. The second-order valence-electron chi connectivity index (χ2n) is 4.52. The highest BCUT2D eigenvalue weighted by atomic mass is 19.4. The molecule has 0 bridgehead atoms. The third kappa shape index (κ3) is 3.14. The van der Waals surface area contributed by atoms with E-state index in [1.54, 1.807) is 6.07 Å². The molecular formula is C13H16F3N. The molecule has 0 saturated heterocycles. The van der Waals surface area contributed by atoms with Gasteiger partial charge in [0.25, 0.3) is 0 Å². The van der Waals surface area contributed by atoms with Crippen molar-refractivity contribution < 1.29 is 13.2 Å². The van der Waals surface area contributed by atoms with Gasteiger partial charge < -0.3 is 5.32 Å². The molecule has 2 rings (SSSR count). The van der Waals surface area contributed by atoms with Gasteiger partial charge in [0.1, 0.15) is 0 Å². The fourth-order valence-electron chi connectivity index (χ4n) is 2.32. The van der Waals surface area contributed by atoms with Gasteiger partial charge in [-0.05, 0) is 25.0 Å². The average molecular weight is 243 g/mol. The average Bonchev–Trinajstić information content (AvgIpc) is 2.30. The van der Waals surface area contributed by atoms with Gasteiger partial charge in [-0.15, -0.1) is 0 Å². The first-order chi connectivity index (χ1) is 8.07. The molecule has 1 saturated carbocycles. The highest BCUT2D eigenvalue weighted by molar-refractivity contribution is 5.53. The maximum Gasteiger partial charge on any atom is 0.418 e. The van der Waals surface area contributed by atoms with Gasteiger partial charge in [-0.2, -0.15) is 13.2 Å². The van der Waals surface area contributed by atoms with Crippen LogP contribution in [0.25, 0.3) is 0 Å². The second-order valence-corrected chi connectivity index (χ2v) is 4.52. The van der Waals surface area contributed by atoms with E-state index < -0.39 is 11.7 Å². The molecule has 1 nitrogen and oxygen atoms in total. The smallest absolute Gasteiger partial charge is 0.382 e. The number of hydrogen-bond acceptors (Lipinski definition) is 1. The standard InChI is InChI=1S/C13H16F3N/c14-13(15,16)11-8-4-5-9-12(11)17-10-6-2-1-3-7-10/h4-5,8-10,17H,1-3,6-7H2. The van der Waals surface area contributed by atoms with E-state index in [4.69, 9.17) is 0 Å². The van der Waals surface area contributed by atoms with Crippen LogP contribution in [0.5, 0.6) is 0 Å². The monoisotopic (exact) mass is 243 g/mol. The van der Waals surface area contributed by atoms with Crippen LogP contribution in [-0.2, 0) is 6.18 Å². The van der Waals surface area contributed by atoms with Crippen LogP contribution in [0.4, 0.5) is 18.9 Å². The molecule has 1 aromatic carbocycles. The predicted molar refractivity (Wildman–Crippen MR) is 61.9 cm³/mol. The zero-order valence-corrected chi connectivity index (χ0v) is 9.56. The highest BCUT2D eigenvalue weighted by Gasteiger charge is 2.33. The minimum Gasteiger partial charge on any atom is -0.382 e. The Hall–Kier alpha value is -1.19. The molecule has 0 amide bonds. The SMILES string of the molecule is FC(F)(F)c1ccccc1NC1CCCCC1. The molecule has 1 aliphatic rings. The number of para-hydroxylation sites is 1. The summed E-state index contributed by atoms with van der Waals surface area (Å²) in [7, 11) is 0. The van der Waals surface area contributed by atoms with Crippen LogP contribution in [0.1, 0.15) is 37.7 Å². The molecule has 0 atom stereocenters. The Kier molecular flexibility index (Phi) is 3.60. The molecule has 0 radical (unpaired) electrons. The maximum absolute atomic E-state index is 12.8. The van der Waals surface area contributed by atoms with E-state index in [9.17, 15) is 13.2 Å². The summed E-state index contributed by atoms with van der Waals surface area (Å²) < 4.78 is 38.3. The summed E-state index contributed by atoms with van der Waals surface area (Å²) in [4.78, 5) is 0. The fraction of sp³-hybridized carbons (Fsp3) is 0.538. The Balaban J connectivity index is 2.14. The predicted octanol–water partition coefficient (Wildman–Crippen LogP) is 4.45. The summed E-state index contributed by atoms with van der Waals surface area (Å²) in [6.45, 7) is 0. The quantitative estimate of drug-likeness (QED) is 0.809. The lowest BCUT2D eigenvalue weighted by atomic mass is 9.95. The van der Waals surface area contributed by atoms with Crippen LogP contribution in [0, 0.1) is 0 Å². The lowest BCUT2D eigenvalue weighted by Gasteiger charge is -2.25. The molecule has 0 unspecified atom stereocenters. The number of hydrogen-bond donors (Lipinski definition) is 1. The molecule has 0 heterocycles. The zero-order valence-electron chi connectivity index (χ0n) is 9.56. The van der Waals surface area contributed by atoms with Crippen LogP contribution >= 0.6 is 0 Å². The number of benzene rings is 1. The first kappa shape index (κ1) is 12.3. The van der Waals surface area contributed by atoms with Gasteiger partial charge in [-0.3, -0.25) is 0 Å². The van der Waals surface area contributed by atoms with E-state index >= 15 is 0 Å². The Morgan fingerprint density at radius 1 is 1.00 bits per heavy atom. The number of nitrogens with one attached hydrogen (secondary N) is 1. The van der Waals surface area contributed by atoms with E-state index in [1.807, 2.05) is 0 Å². The van der Waals surface area contributed by atoms with Gasteiger partial charge >= 0.3 is 6.18 Å². The normalized spacial score (nSPS) is 18.1. The van der Waals surface area contributed by atoms with Crippen molar-refractivity contribution in [2.24, 2.45) is 0 Å². The molecule has 94 valence electrons. The van der Waals surface area contributed by atoms with Crippen molar-refractivity contribution >= 4 is 5.69 Å². The lowest BCUT2D eigenvalue weighted by molar-refractivity contribution is -0.137. The minimum atomic E-state index is -4.28. The molecule has 0 spiro atoms. The van der Waals surface area contributed by atoms with Crippen molar-refractivity contribution in [3.63, 3.8) is 0 Å². The first-order valence-corrected chi connectivity index (χ1v) is 6.00. The van der Waals surface area contributed by atoms with Gasteiger partial charge in [-0.25, -0.2) is 0 Å². The van der Waals surface area contributed by atoms with Crippen LogP contribution in [0.2, 0.25) is 0 Å². The van der Waals surface area contributed by atoms with Crippen LogP contribution in [-0.4, -0.2) is 6.04 Å². The number of rotatable bonds is 2. The van der Waals surface area contributed by atoms with Gasteiger partial charge in [0.15, 0.2) is 0 Å². The first-order valence-electron chi connectivity index (χ1n) is 6.00. The fourth-order valence-corrected chi connectivity index (χ4v) is 2.32. The third-order valence-corrected chi connectivity index (χ3v) is 3.20. The summed E-state index contributed by atoms with van der Waals surface area (Å²) in [5.74, 6) is 0. The van der Waals surface area contributed by atoms with Crippen molar-refractivity contribution in [1.82, 2.24) is 0 Å². The highest BCUT2D eigenvalue weighted by Crippen LogP contribution is 2.35. The van der Waals surface area contributed by atoms with E-state index in [-0.39, 0.29) is 11.7 Å². The summed E-state index contributed by atoms with van der Waals surface area (Å²) in [6, 6.07) is 5.89. The minimum absolute atomic E-state index is 0.187. The zero-order chi connectivity index (χ0) is 12.3. The topological polar surface area (TPSA) is 12.0 Å². The van der Waals surface area contributed by atoms with Crippen molar-refractivity contribution in [3.05, 3.63) is 29.8 Å². The molecule has 1 aromatic rings. The van der Waals surface area contributed by atoms with E-state index in [0.29, 0.717) is 0 Å². The van der Waals surface area contributed by atoms with Crippen LogP contribution < -0.4 is 5.32 Å². The van der Waals surface area contributed by atoms with Gasteiger partial charge in [0.2, 0.25) is 0 Å². The van der Waals surface area contributed by atoms with E-state index in [1.165, 1.54) is 18.6 Å². The molecule has 0 aromatic heterocycles. The Labute approximate surface area is 99.0 Å². The number of alkyl halides is 3. The van der Waals surface area contributed by atoms with Crippen molar-refractivity contribution in [1.29, 1.82) is 0 Å². The molecule has 17 heavy (non-hydrogen) atoms. The molecule has 1 fully saturated rings. The molecule has 4 heteroatoms. The third-order valence-electron chi connectivity index (χ3n) is 3.20. The summed E-state index contributed by atoms with van der Waals surface area (Å²) >= 11 is 0. The van der Waals surface area contributed by atoms with Crippen LogP contribution in [0.3, 0.4) is 0 Å². The molecular weight excluding hydrogens is 227 g/mol. The van der Waals surface area contributed by atoms with Crippen molar-refractivity contribution in [2.75, 3.05) is 5.32 Å². The van der Waals surface area contributed by atoms with E-state index in [0.717, 1.165) is 31.7 Å². The van der Waals surface area contributed by atoms with Crippen LogP contribution in [0.15, 0.2) is 24.3 Å². The second kappa shape index (κ2) is 4.98. The molecule has 0 aliphatic heterocycles. The lowest BCUT2D eigenvalue weighted by Crippen LogP contribution is -2.24. The summed E-state index contributed by atoms with van der Waals surface area (Å²) in [6.07, 6.45) is 1.05. The van der Waals surface area contributed by atoms with Gasteiger partial charge in [0, 0.05) is 11.7 Å². The Morgan fingerprint density at radius 3 is 2.29 bits per heavy atom.